The second-order valence-corrected chi connectivity index (χ2v) is 5.47. The number of hydrogen-bond acceptors (Lipinski definition) is 3. The lowest BCUT2D eigenvalue weighted by atomic mass is 9.92. The number of nitrogens with one attached hydrogen (secondary N) is 3. The van der Waals surface area contributed by atoms with E-state index in [9.17, 15) is 9.59 Å². The topological polar surface area (TPSA) is 74.0 Å². The van der Waals surface area contributed by atoms with E-state index in [0.29, 0.717) is 16.2 Å². The largest absolute Gasteiger partial charge is 0.365 e. The molecule has 1 amide bonds. The summed E-state index contributed by atoms with van der Waals surface area (Å²) in [5, 5.41) is 6.00. The van der Waals surface area contributed by atoms with E-state index in [0.717, 1.165) is 19.4 Å². The fourth-order valence-corrected chi connectivity index (χ4v) is 2.50. The van der Waals surface area contributed by atoms with Gasteiger partial charge >= 0.3 is 0 Å². The van der Waals surface area contributed by atoms with Gasteiger partial charge in [0.1, 0.15) is 5.69 Å². The molecule has 19 heavy (non-hydrogen) atoms. The van der Waals surface area contributed by atoms with Crippen molar-refractivity contribution in [2.45, 2.75) is 25.8 Å². The van der Waals surface area contributed by atoms with Crippen LogP contribution in [0.5, 0.6) is 0 Å². The van der Waals surface area contributed by atoms with E-state index in [-0.39, 0.29) is 29.7 Å². The molecule has 0 bridgehead atoms. The van der Waals surface area contributed by atoms with Gasteiger partial charge in [0, 0.05) is 24.4 Å². The summed E-state index contributed by atoms with van der Waals surface area (Å²) in [6.07, 6.45) is 4.67. The van der Waals surface area contributed by atoms with Gasteiger partial charge in [-0.05, 0) is 42.2 Å². The van der Waals surface area contributed by atoms with Gasteiger partial charge in [-0.15, -0.1) is 12.4 Å². The second kappa shape index (κ2) is 7.07. The van der Waals surface area contributed by atoms with E-state index in [1.54, 1.807) is 6.20 Å². The minimum absolute atomic E-state index is 0. The normalized spacial score (nSPS) is 22.4. The summed E-state index contributed by atoms with van der Waals surface area (Å²) in [6.45, 7) is 2.90. The molecule has 2 heterocycles. The molecule has 0 radical (unpaired) electrons. The zero-order chi connectivity index (χ0) is 13.1. The highest BCUT2D eigenvalue weighted by atomic mass is 79.9. The number of halogens is 2. The number of rotatable bonds is 2. The average Bonchev–Trinajstić information content (AvgIpc) is 2.35. The Balaban J connectivity index is 0.00000180. The summed E-state index contributed by atoms with van der Waals surface area (Å²) in [5.41, 5.74) is 0.0876. The molecule has 5 nitrogen and oxygen atoms in total. The van der Waals surface area contributed by atoms with Gasteiger partial charge in [-0.3, -0.25) is 9.59 Å². The van der Waals surface area contributed by atoms with Crippen LogP contribution < -0.4 is 16.1 Å². The summed E-state index contributed by atoms with van der Waals surface area (Å²) < 4.78 is 0.416. The lowest BCUT2D eigenvalue weighted by Gasteiger charge is -2.26. The number of aromatic nitrogens is 1. The van der Waals surface area contributed by atoms with Crippen molar-refractivity contribution in [2.75, 3.05) is 11.9 Å². The number of carbonyl (C=O) groups is 1. The number of piperidine rings is 1. The maximum absolute atomic E-state index is 12.1. The Hall–Kier alpha value is -0.850. The number of pyridine rings is 1. The molecule has 0 aliphatic carbocycles. The van der Waals surface area contributed by atoms with Crippen LogP contribution in [-0.2, 0) is 4.79 Å². The molecule has 0 saturated carbocycles. The summed E-state index contributed by atoms with van der Waals surface area (Å²) in [4.78, 5) is 26.6. The van der Waals surface area contributed by atoms with Crippen molar-refractivity contribution in [3.63, 3.8) is 0 Å². The molecule has 1 aromatic rings. The minimum atomic E-state index is -0.205. The zero-order valence-electron chi connectivity index (χ0n) is 10.5. The first kappa shape index (κ1) is 16.2. The first-order valence-electron chi connectivity index (χ1n) is 5.98. The molecule has 1 aliphatic heterocycles. The van der Waals surface area contributed by atoms with E-state index < -0.39 is 0 Å². The quantitative estimate of drug-likeness (QED) is 0.762. The third-order valence-corrected chi connectivity index (χ3v) is 3.74. The first-order valence-corrected chi connectivity index (χ1v) is 6.78. The van der Waals surface area contributed by atoms with Gasteiger partial charge in [0.05, 0.1) is 4.47 Å². The van der Waals surface area contributed by atoms with Crippen LogP contribution in [0.1, 0.15) is 19.8 Å². The van der Waals surface area contributed by atoms with Gasteiger partial charge in [0.25, 0.3) is 0 Å². The molecule has 3 N–H and O–H groups in total. The molecule has 2 atom stereocenters. The van der Waals surface area contributed by atoms with E-state index in [2.05, 4.69) is 38.5 Å². The molecule has 1 aromatic heterocycles. The summed E-state index contributed by atoms with van der Waals surface area (Å²) in [6, 6.07) is 0.343. The number of H-pyrrole nitrogens is 1. The molecule has 1 saturated heterocycles. The Morgan fingerprint density at radius 1 is 1.47 bits per heavy atom. The van der Waals surface area contributed by atoms with Gasteiger partial charge in [-0.2, -0.15) is 0 Å². The monoisotopic (exact) mass is 349 g/mol. The molecule has 2 rings (SSSR count). The van der Waals surface area contributed by atoms with Crippen LogP contribution in [0.4, 0.5) is 5.69 Å². The van der Waals surface area contributed by atoms with Crippen LogP contribution >= 0.6 is 28.3 Å². The Kier molecular flexibility index (Phi) is 6.03. The highest BCUT2D eigenvalue weighted by Crippen LogP contribution is 2.17. The summed E-state index contributed by atoms with van der Waals surface area (Å²) in [5.74, 6) is -0.105. The predicted octanol–water partition coefficient (Wildman–Crippen LogP) is 1.89. The smallest absolute Gasteiger partial charge is 0.227 e. The van der Waals surface area contributed by atoms with Gasteiger partial charge in [0.15, 0.2) is 0 Å². The lowest BCUT2D eigenvalue weighted by Crippen LogP contribution is -2.40. The fraction of sp³-hybridized carbons (Fsp3) is 0.500. The van der Waals surface area contributed by atoms with Crippen molar-refractivity contribution in [3.05, 3.63) is 27.1 Å². The van der Waals surface area contributed by atoms with Crippen LogP contribution in [-0.4, -0.2) is 23.5 Å². The molecule has 7 heteroatoms. The highest BCUT2D eigenvalue weighted by molar-refractivity contribution is 9.10. The number of hydrogen-bond donors (Lipinski definition) is 3. The van der Waals surface area contributed by atoms with Gasteiger partial charge in [-0.1, -0.05) is 0 Å². The number of aromatic amines is 1. The molecule has 0 aromatic carbocycles. The Labute approximate surface area is 126 Å². The third-order valence-electron chi connectivity index (χ3n) is 3.15. The zero-order valence-corrected chi connectivity index (χ0v) is 12.9. The Bertz CT molecular complexity index is 506. The highest BCUT2D eigenvalue weighted by Gasteiger charge is 2.25. The Morgan fingerprint density at radius 2 is 2.21 bits per heavy atom. The standard InChI is InChI=1S/C12H16BrN3O2.ClH/c1-7-4-8(2-3-15-7)12(18)16-10-6-14-5-9(13)11(10)17;/h5-8,15H,2-4H2,1H3,(H,14,17)(H,16,18);1H/t7-,8-;/m0./s1. The van der Waals surface area contributed by atoms with Gasteiger partial charge in [0.2, 0.25) is 11.3 Å². The lowest BCUT2D eigenvalue weighted by molar-refractivity contribution is -0.120. The molecule has 0 unspecified atom stereocenters. The van der Waals surface area contributed by atoms with Crippen molar-refractivity contribution in [3.8, 4) is 0 Å². The van der Waals surface area contributed by atoms with Gasteiger partial charge < -0.3 is 15.6 Å². The first-order chi connectivity index (χ1) is 8.58. The number of anilines is 1. The molecular formula is C12H17BrClN3O2. The minimum Gasteiger partial charge on any atom is -0.365 e. The van der Waals surface area contributed by atoms with Crippen molar-refractivity contribution in [1.29, 1.82) is 0 Å². The van der Waals surface area contributed by atoms with Crippen molar-refractivity contribution in [1.82, 2.24) is 10.3 Å². The summed E-state index contributed by atoms with van der Waals surface area (Å²) >= 11 is 3.14. The predicted molar refractivity (Wildman–Crippen MR) is 80.8 cm³/mol. The maximum Gasteiger partial charge on any atom is 0.227 e. The van der Waals surface area contributed by atoms with Crippen LogP contribution in [0.3, 0.4) is 0 Å². The van der Waals surface area contributed by atoms with Crippen LogP contribution in [0, 0.1) is 5.92 Å². The fourth-order valence-electron chi connectivity index (χ4n) is 2.16. The van der Waals surface area contributed by atoms with Gasteiger partial charge in [-0.25, -0.2) is 0 Å². The molecule has 1 fully saturated rings. The van der Waals surface area contributed by atoms with Crippen molar-refractivity contribution >= 4 is 39.9 Å². The number of amides is 1. The maximum atomic E-state index is 12.1. The Morgan fingerprint density at radius 3 is 2.89 bits per heavy atom. The van der Waals surface area contributed by atoms with Crippen molar-refractivity contribution in [2.24, 2.45) is 5.92 Å². The van der Waals surface area contributed by atoms with Crippen molar-refractivity contribution < 1.29 is 4.79 Å². The second-order valence-electron chi connectivity index (χ2n) is 4.61. The summed E-state index contributed by atoms with van der Waals surface area (Å²) in [7, 11) is 0. The molecular weight excluding hydrogens is 334 g/mol. The van der Waals surface area contributed by atoms with E-state index in [4.69, 9.17) is 0 Å². The molecule has 0 spiro atoms. The van der Waals surface area contributed by atoms with Crippen LogP contribution in [0.15, 0.2) is 21.7 Å². The van der Waals surface area contributed by atoms with Crippen LogP contribution in [0.2, 0.25) is 0 Å². The van der Waals surface area contributed by atoms with Crippen LogP contribution in [0.25, 0.3) is 0 Å². The van der Waals surface area contributed by atoms with E-state index >= 15 is 0 Å². The SMILES string of the molecule is C[C@H]1C[C@@H](C(=O)Nc2c[nH]cc(Br)c2=O)CCN1.Cl. The van der Waals surface area contributed by atoms with E-state index in [1.165, 1.54) is 6.20 Å². The number of carbonyl (C=O) groups excluding carboxylic acids is 1. The molecule has 106 valence electrons. The third kappa shape index (κ3) is 4.06. The average molecular weight is 351 g/mol. The van der Waals surface area contributed by atoms with E-state index in [1.807, 2.05) is 0 Å². The molecule has 1 aliphatic rings.